The highest BCUT2D eigenvalue weighted by Crippen LogP contribution is 2.25. The standard InChI is InChI=1S/C15H31NO5/c17-9-7-5-3-1-2-4-6-8-16-12(10-18)14(20)15(21)13(16)11-19/h12-15,17-21H,1-11H2/t12-,13?,14-,15-/m1/s1. The van der Waals surface area contributed by atoms with E-state index in [0.29, 0.717) is 6.54 Å². The summed E-state index contributed by atoms with van der Waals surface area (Å²) in [5, 5.41) is 47.1. The Balaban J connectivity index is 2.23. The van der Waals surface area contributed by atoms with Crippen molar-refractivity contribution in [3.8, 4) is 0 Å². The summed E-state index contributed by atoms with van der Waals surface area (Å²) in [5.74, 6) is 0. The van der Waals surface area contributed by atoms with Crippen molar-refractivity contribution in [2.45, 2.75) is 69.2 Å². The average molecular weight is 305 g/mol. The Bertz CT molecular complexity index is 250. The van der Waals surface area contributed by atoms with Gasteiger partial charge in [-0.15, -0.1) is 0 Å². The van der Waals surface area contributed by atoms with Crippen molar-refractivity contribution in [2.24, 2.45) is 0 Å². The van der Waals surface area contributed by atoms with Gasteiger partial charge in [0.15, 0.2) is 0 Å². The largest absolute Gasteiger partial charge is 0.396 e. The number of nitrogens with zero attached hydrogens (tertiary/aromatic N) is 1. The van der Waals surface area contributed by atoms with E-state index in [2.05, 4.69) is 0 Å². The predicted molar refractivity (Wildman–Crippen MR) is 79.9 cm³/mol. The monoisotopic (exact) mass is 305 g/mol. The van der Waals surface area contributed by atoms with E-state index in [1.165, 1.54) is 0 Å². The number of hydrogen-bond acceptors (Lipinski definition) is 6. The predicted octanol–water partition coefficient (Wildman–Crippen LogP) is -0.531. The molecule has 0 radical (unpaired) electrons. The van der Waals surface area contributed by atoms with Crippen LogP contribution in [-0.2, 0) is 0 Å². The number of aliphatic hydroxyl groups excluding tert-OH is 5. The fourth-order valence-electron chi connectivity index (χ4n) is 3.14. The molecule has 0 aromatic rings. The average Bonchev–Trinajstić information content (AvgIpc) is 2.72. The van der Waals surface area contributed by atoms with Crippen molar-refractivity contribution in [1.82, 2.24) is 4.90 Å². The summed E-state index contributed by atoms with van der Waals surface area (Å²) >= 11 is 0. The minimum Gasteiger partial charge on any atom is -0.396 e. The molecule has 0 bridgehead atoms. The van der Waals surface area contributed by atoms with Crippen LogP contribution in [0.5, 0.6) is 0 Å². The summed E-state index contributed by atoms with van der Waals surface area (Å²) in [7, 11) is 0. The maximum Gasteiger partial charge on any atom is 0.0992 e. The zero-order valence-corrected chi connectivity index (χ0v) is 12.8. The van der Waals surface area contributed by atoms with Crippen molar-refractivity contribution in [2.75, 3.05) is 26.4 Å². The maximum atomic E-state index is 9.87. The number of rotatable bonds is 11. The SMILES string of the molecule is OCCCCCCCCCN1C(CO)[C@@H](O)[C@H](O)[C@H]1CO. The third-order valence-corrected chi connectivity index (χ3v) is 4.44. The van der Waals surface area contributed by atoms with E-state index in [1.54, 1.807) is 0 Å². The molecular formula is C15H31NO5. The van der Waals surface area contributed by atoms with Gasteiger partial charge < -0.3 is 25.5 Å². The van der Waals surface area contributed by atoms with Gasteiger partial charge in [0, 0.05) is 6.61 Å². The van der Waals surface area contributed by atoms with E-state index in [-0.39, 0.29) is 19.8 Å². The highest BCUT2D eigenvalue weighted by molar-refractivity contribution is 5.00. The van der Waals surface area contributed by atoms with E-state index in [4.69, 9.17) is 5.11 Å². The van der Waals surface area contributed by atoms with Crippen LogP contribution in [0.1, 0.15) is 44.9 Å². The zero-order chi connectivity index (χ0) is 15.7. The lowest BCUT2D eigenvalue weighted by Gasteiger charge is -2.28. The fourth-order valence-corrected chi connectivity index (χ4v) is 3.14. The van der Waals surface area contributed by atoms with Crippen LogP contribution in [-0.4, -0.2) is 81.1 Å². The van der Waals surface area contributed by atoms with Crippen LogP contribution in [0.15, 0.2) is 0 Å². The van der Waals surface area contributed by atoms with Crippen LogP contribution in [0.4, 0.5) is 0 Å². The molecule has 0 aromatic carbocycles. The van der Waals surface area contributed by atoms with Crippen LogP contribution >= 0.6 is 0 Å². The molecule has 21 heavy (non-hydrogen) atoms. The minimum atomic E-state index is -0.995. The fraction of sp³-hybridized carbons (Fsp3) is 1.00. The van der Waals surface area contributed by atoms with Crippen molar-refractivity contribution in [3.63, 3.8) is 0 Å². The van der Waals surface area contributed by atoms with Gasteiger partial charge in [0.05, 0.1) is 37.5 Å². The first-order valence-corrected chi connectivity index (χ1v) is 8.11. The van der Waals surface area contributed by atoms with Crippen LogP contribution in [0.3, 0.4) is 0 Å². The molecule has 0 amide bonds. The Labute approximate surface area is 127 Å². The summed E-state index contributed by atoms with van der Waals surface area (Å²) < 4.78 is 0. The molecule has 4 atom stereocenters. The van der Waals surface area contributed by atoms with Crippen LogP contribution in [0.25, 0.3) is 0 Å². The summed E-state index contributed by atoms with van der Waals surface area (Å²) in [6, 6.07) is -0.969. The van der Waals surface area contributed by atoms with Crippen LogP contribution in [0.2, 0.25) is 0 Å². The smallest absolute Gasteiger partial charge is 0.0992 e. The first-order chi connectivity index (χ1) is 10.2. The third-order valence-electron chi connectivity index (χ3n) is 4.44. The minimum absolute atomic E-state index is 0.212. The van der Waals surface area contributed by atoms with Gasteiger partial charge in [0.25, 0.3) is 0 Å². The van der Waals surface area contributed by atoms with Gasteiger partial charge in [-0.3, -0.25) is 4.90 Å². The van der Waals surface area contributed by atoms with Crippen LogP contribution < -0.4 is 0 Å². The molecule has 1 heterocycles. The lowest BCUT2D eigenvalue weighted by Crippen LogP contribution is -2.43. The molecule has 5 N–H and O–H groups in total. The van der Waals surface area contributed by atoms with E-state index < -0.39 is 24.3 Å². The lowest BCUT2D eigenvalue weighted by molar-refractivity contribution is 0.0130. The zero-order valence-electron chi connectivity index (χ0n) is 12.8. The second-order valence-electron chi connectivity index (χ2n) is 5.92. The molecule has 0 aromatic heterocycles. The molecule has 1 unspecified atom stereocenters. The Morgan fingerprint density at radius 1 is 0.619 bits per heavy atom. The second-order valence-corrected chi connectivity index (χ2v) is 5.92. The van der Waals surface area contributed by atoms with Gasteiger partial charge in [0.1, 0.15) is 0 Å². The molecule has 1 aliphatic rings. The Morgan fingerprint density at radius 2 is 1.05 bits per heavy atom. The van der Waals surface area contributed by atoms with E-state index in [0.717, 1.165) is 44.9 Å². The molecule has 0 spiro atoms. The molecule has 0 saturated carbocycles. The highest BCUT2D eigenvalue weighted by atomic mass is 16.3. The summed E-state index contributed by atoms with van der Waals surface area (Å²) in [6.07, 6.45) is 5.34. The molecule has 6 heteroatoms. The molecule has 126 valence electrons. The van der Waals surface area contributed by atoms with Crippen molar-refractivity contribution in [1.29, 1.82) is 0 Å². The highest BCUT2D eigenvalue weighted by Gasteiger charge is 2.46. The van der Waals surface area contributed by atoms with Gasteiger partial charge in [-0.05, 0) is 19.4 Å². The first kappa shape index (κ1) is 18.8. The topological polar surface area (TPSA) is 104 Å². The van der Waals surface area contributed by atoms with E-state index in [9.17, 15) is 20.4 Å². The van der Waals surface area contributed by atoms with E-state index in [1.807, 2.05) is 4.90 Å². The van der Waals surface area contributed by atoms with Crippen molar-refractivity contribution >= 4 is 0 Å². The number of unbranched alkanes of at least 4 members (excludes halogenated alkanes) is 6. The number of hydrogen-bond donors (Lipinski definition) is 5. The summed E-state index contributed by atoms with van der Waals surface area (Å²) in [5.41, 5.74) is 0. The quantitative estimate of drug-likeness (QED) is 0.329. The summed E-state index contributed by atoms with van der Waals surface area (Å²) in [6.45, 7) is 0.512. The molecule has 1 aliphatic heterocycles. The van der Waals surface area contributed by atoms with Crippen molar-refractivity contribution in [3.05, 3.63) is 0 Å². The summed E-state index contributed by atoms with van der Waals surface area (Å²) in [4.78, 5) is 1.83. The number of aliphatic hydroxyl groups is 5. The molecular weight excluding hydrogens is 274 g/mol. The number of likely N-dealkylation sites (tertiary alicyclic amines) is 1. The molecule has 1 saturated heterocycles. The van der Waals surface area contributed by atoms with Gasteiger partial charge in [-0.1, -0.05) is 32.1 Å². The lowest BCUT2D eigenvalue weighted by atomic mass is 10.1. The van der Waals surface area contributed by atoms with Gasteiger partial charge in [0.2, 0.25) is 0 Å². The molecule has 1 fully saturated rings. The molecule has 0 aliphatic carbocycles. The second kappa shape index (κ2) is 10.5. The van der Waals surface area contributed by atoms with Crippen molar-refractivity contribution < 1.29 is 25.5 Å². The Hall–Kier alpha value is -0.240. The molecule has 1 rings (SSSR count). The third kappa shape index (κ3) is 5.47. The van der Waals surface area contributed by atoms with E-state index >= 15 is 0 Å². The Morgan fingerprint density at radius 3 is 1.48 bits per heavy atom. The van der Waals surface area contributed by atoms with Gasteiger partial charge in [-0.25, -0.2) is 0 Å². The van der Waals surface area contributed by atoms with Gasteiger partial charge >= 0.3 is 0 Å². The first-order valence-electron chi connectivity index (χ1n) is 8.11. The Kier molecular flexibility index (Phi) is 9.39. The maximum absolute atomic E-state index is 9.87. The van der Waals surface area contributed by atoms with Crippen LogP contribution in [0, 0.1) is 0 Å². The normalized spacial score (nSPS) is 30.1. The molecule has 6 nitrogen and oxygen atoms in total. The van der Waals surface area contributed by atoms with Gasteiger partial charge in [-0.2, -0.15) is 0 Å².